The molecule has 1 aromatic rings. The Labute approximate surface area is 312 Å². The summed E-state index contributed by atoms with van der Waals surface area (Å²) in [6.07, 6.45) is 3.81. The maximum atomic E-state index is 14.0. The quantitative estimate of drug-likeness (QED) is 0.0513. The first-order valence-corrected chi connectivity index (χ1v) is 18.4. The summed E-state index contributed by atoms with van der Waals surface area (Å²) in [6.45, 7) is 0.934. The third-order valence-electron chi connectivity index (χ3n) is 11.5. The number of carbonyl (C=O) groups excluding carboxylic acids is 4. The predicted molar refractivity (Wildman–Crippen MR) is 192 cm³/mol. The largest absolute Gasteiger partial charge is 0.493 e. The molecule has 1 spiro atoms. The van der Waals surface area contributed by atoms with Gasteiger partial charge in [-0.3, -0.25) is 24.6 Å². The molecular formula is C36H50N8O10. The molecule has 18 heteroatoms. The second kappa shape index (κ2) is 15.7. The number of rotatable bonds is 14. The fraction of sp³-hybridized carbons (Fsp3) is 0.611. The van der Waals surface area contributed by atoms with Crippen molar-refractivity contribution in [1.82, 2.24) is 31.1 Å². The number of nitrogens with one attached hydrogen (secondary N) is 5. The molecule has 2 saturated heterocycles. The number of benzene rings is 1. The number of nitrogens with two attached hydrogens (primary N) is 1. The second-order valence-corrected chi connectivity index (χ2v) is 14.7. The minimum Gasteiger partial charge on any atom is -0.493 e. The lowest BCUT2D eigenvalue weighted by atomic mass is 9.50. The first-order chi connectivity index (χ1) is 25.8. The highest BCUT2D eigenvalue weighted by molar-refractivity contribution is 5.95. The van der Waals surface area contributed by atoms with Crippen molar-refractivity contribution in [3.05, 3.63) is 35.1 Å². The molecule has 1 aromatic carbocycles. The predicted octanol–water partition coefficient (Wildman–Crippen LogP) is -0.581. The summed E-state index contributed by atoms with van der Waals surface area (Å²) in [6, 6.07) is 2.31. The van der Waals surface area contributed by atoms with Gasteiger partial charge in [-0.25, -0.2) is 4.79 Å². The summed E-state index contributed by atoms with van der Waals surface area (Å²) in [7, 11) is 3.60. The van der Waals surface area contributed by atoms with Crippen LogP contribution in [0.15, 0.2) is 24.0 Å². The van der Waals surface area contributed by atoms with E-state index in [1.807, 2.05) is 19.2 Å². The Morgan fingerprint density at radius 2 is 1.93 bits per heavy atom. The summed E-state index contributed by atoms with van der Waals surface area (Å²) < 4.78 is 18.5. The number of hydrogen-bond donors (Lipinski definition) is 8. The van der Waals surface area contributed by atoms with E-state index < -0.39 is 72.0 Å². The van der Waals surface area contributed by atoms with Gasteiger partial charge in [-0.1, -0.05) is 6.07 Å². The monoisotopic (exact) mass is 754 g/mol. The summed E-state index contributed by atoms with van der Waals surface area (Å²) in [5.41, 5.74) is 5.38. The molecule has 4 amide bonds. The molecule has 54 heavy (non-hydrogen) atoms. The molecule has 0 aromatic heterocycles. The van der Waals surface area contributed by atoms with Crippen LogP contribution in [0.3, 0.4) is 0 Å². The molecular weight excluding hydrogens is 704 g/mol. The average molecular weight is 755 g/mol. The van der Waals surface area contributed by atoms with Gasteiger partial charge >= 0.3 is 12.1 Å². The number of likely N-dealkylation sites (N-methyl/N-ethyl adjacent to an activating group) is 1. The van der Waals surface area contributed by atoms with Crippen LogP contribution in [0.25, 0.3) is 0 Å². The highest BCUT2D eigenvalue weighted by atomic mass is 16.6. The van der Waals surface area contributed by atoms with Crippen LogP contribution in [0, 0.1) is 5.41 Å². The van der Waals surface area contributed by atoms with E-state index in [0.29, 0.717) is 49.5 Å². The van der Waals surface area contributed by atoms with E-state index in [0.717, 1.165) is 30.5 Å². The molecule has 294 valence electrons. The van der Waals surface area contributed by atoms with E-state index in [9.17, 15) is 29.1 Å². The van der Waals surface area contributed by atoms with Gasteiger partial charge in [0, 0.05) is 37.7 Å². The molecule has 3 aliphatic heterocycles. The second-order valence-electron chi connectivity index (χ2n) is 14.7. The van der Waals surface area contributed by atoms with Crippen LogP contribution >= 0.6 is 0 Å². The zero-order valence-electron chi connectivity index (χ0n) is 30.6. The van der Waals surface area contributed by atoms with Crippen LogP contribution in [0.4, 0.5) is 4.79 Å². The van der Waals surface area contributed by atoms with Crippen molar-refractivity contribution in [2.45, 2.75) is 93.0 Å². The van der Waals surface area contributed by atoms with Crippen molar-refractivity contribution in [3.8, 4) is 11.5 Å². The number of likely N-dealkylation sites (tertiary alicyclic amines) is 2. The van der Waals surface area contributed by atoms with Crippen molar-refractivity contribution in [2.75, 3.05) is 46.9 Å². The third-order valence-corrected chi connectivity index (χ3v) is 11.5. The van der Waals surface area contributed by atoms with Crippen molar-refractivity contribution < 1.29 is 48.4 Å². The third kappa shape index (κ3) is 7.23. The first-order valence-electron chi connectivity index (χ1n) is 18.4. The number of hydrogen-bond acceptors (Lipinski definition) is 11. The molecule has 5 aliphatic rings. The van der Waals surface area contributed by atoms with Crippen molar-refractivity contribution in [3.63, 3.8) is 0 Å². The Kier molecular flexibility index (Phi) is 11.2. The summed E-state index contributed by atoms with van der Waals surface area (Å²) in [5, 5.41) is 38.9. The molecule has 6 atom stereocenters. The minimum absolute atomic E-state index is 0.0734. The number of carbonyl (C=O) groups is 5. The number of carboxylic acids is 1. The van der Waals surface area contributed by atoms with Gasteiger partial charge in [-0.15, -0.1) is 0 Å². The molecule has 2 aliphatic carbocycles. The van der Waals surface area contributed by atoms with Crippen LogP contribution in [0.5, 0.6) is 11.5 Å². The number of piperidine rings is 2. The number of guanidine groups is 1. The van der Waals surface area contributed by atoms with E-state index in [-0.39, 0.29) is 37.9 Å². The van der Waals surface area contributed by atoms with Crippen LogP contribution in [0.1, 0.15) is 62.5 Å². The number of ether oxygens (including phenoxy) is 3. The fourth-order valence-corrected chi connectivity index (χ4v) is 8.96. The summed E-state index contributed by atoms with van der Waals surface area (Å²) in [4.78, 5) is 66.4. The lowest BCUT2D eigenvalue weighted by molar-refractivity contribution is -0.163. The molecule has 2 fully saturated rings. The van der Waals surface area contributed by atoms with Crippen LogP contribution in [0.2, 0.25) is 0 Å². The first kappa shape index (κ1) is 38.6. The van der Waals surface area contributed by atoms with Crippen LogP contribution in [-0.2, 0) is 35.8 Å². The zero-order valence-corrected chi connectivity index (χ0v) is 30.6. The van der Waals surface area contributed by atoms with Gasteiger partial charge in [0.2, 0.25) is 17.7 Å². The van der Waals surface area contributed by atoms with Crippen LogP contribution < -0.4 is 36.5 Å². The molecule has 6 rings (SSSR count). The maximum absolute atomic E-state index is 14.0. The zero-order chi connectivity index (χ0) is 38.8. The maximum Gasteiger partial charge on any atom is 0.415 e. The topological polar surface area (TPSA) is 258 Å². The number of aliphatic carboxylic acids is 1. The van der Waals surface area contributed by atoms with E-state index in [2.05, 4.69) is 26.2 Å². The SMILES string of the molecule is COc1ccc2c3c1O[C@H]1C(OC(=O)N4CCCCC4CNC(=O)[C@H](CCCNC(=N)N)NC(=O)CNC(=O)CC(=O)O)=CC[C@@]4(O)[C@@H](C2)N(C)CC[C@]314. The van der Waals surface area contributed by atoms with Gasteiger partial charge in [0.05, 0.1) is 30.7 Å². The van der Waals surface area contributed by atoms with E-state index >= 15 is 0 Å². The highest BCUT2D eigenvalue weighted by Gasteiger charge is 2.72. The summed E-state index contributed by atoms with van der Waals surface area (Å²) >= 11 is 0. The Balaban J connectivity index is 1.13. The number of methoxy groups -OCH3 is 1. The lowest BCUT2D eigenvalue weighted by Gasteiger charge is -2.61. The average Bonchev–Trinajstić information content (AvgIpc) is 3.49. The molecule has 2 bridgehead atoms. The Morgan fingerprint density at radius 3 is 2.67 bits per heavy atom. The van der Waals surface area contributed by atoms with Crippen molar-refractivity contribution in [2.24, 2.45) is 5.73 Å². The Morgan fingerprint density at radius 1 is 1.13 bits per heavy atom. The molecule has 9 N–H and O–H groups in total. The molecule has 0 saturated carbocycles. The fourth-order valence-electron chi connectivity index (χ4n) is 8.96. The van der Waals surface area contributed by atoms with E-state index in [1.165, 1.54) is 0 Å². The van der Waals surface area contributed by atoms with Crippen molar-refractivity contribution >= 4 is 35.7 Å². The molecule has 1 unspecified atom stereocenters. The van der Waals surface area contributed by atoms with Gasteiger partial charge in [-0.2, -0.15) is 0 Å². The molecule has 18 nitrogen and oxygen atoms in total. The van der Waals surface area contributed by atoms with Gasteiger partial charge in [-0.05, 0) is 76.2 Å². The Hall–Kier alpha value is -5.10. The van der Waals surface area contributed by atoms with Gasteiger partial charge < -0.3 is 61.2 Å². The van der Waals surface area contributed by atoms with Gasteiger partial charge in [0.15, 0.2) is 23.6 Å². The standard InChI is InChI=1S/C36H50N8O10/c1-43-15-12-35-29-20-8-9-23(52-2)30(29)54-31(35)24(10-11-36(35,51)25(43)16-20)53-34(50)44-14-4-3-6-21(44)18-41-32(49)22(7-5-13-39-33(37)38)42-27(46)19-40-26(45)17-28(47)48/h8-10,21-22,25,31,51H,3-7,11-19H2,1-2H3,(H,40,45)(H,41,49)(H,42,46)(H,47,48)(H4,37,38,39)/t21?,22-,25+,31-,35-,36+/m0/s1. The van der Waals surface area contributed by atoms with Gasteiger partial charge in [0.1, 0.15) is 18.2 Å². The number of carboxylic acid groups (broad SMARTS) is 1. The molecule has 0 radical (unpaired) electrons. The Bertz CT molecular complexity index is 1720. The number of nitrogens with zero attached hydrogens (tertiary/aromatic N) is 2. The van der Waals surface area contributed by atoms with E-state index in [4.69, 9.17) is 30.5 Å². The van der Waals surface area contributed by atoms with Crippen molar-refractivity contribution in [1.29, 1.82) is 5.41 Å². The summed E-state index contributed by atoms with van der Waals surface area (Å²) in [5.74, 6) is -2.19. The normalized spacial score (nSPS) is 26.9. The van der Waals surface area contributed by atoms with Crippen LogP contribution in [-0.4, -0.2) is 132 Å². The van der Waals surface area contributed by atoms with E-state index in [1.54, 1.807) is 18.1 Å². The minimum atomic E-state index is -1.34. The molecule has 3 heterocycles. The van der Waals surface area contributed by atoms with Gasteiger partial charge in [0.25, 0.3) is 0 Å². The lowest BCUT2D eigenvalue weighted by Crippen LogP contribution is -2.74. The number of aliphatic hydroxyl groups is 1. The number of amides is 4. The highest BCUT2D eigenvalue weighted by Crippen LogP contribution is 2.65. The smallest absolute Gasteiger partial charge is 0.415 e.